The van der Waals surface area contributed by atoms with Gasteiger partial charge in [0.15, 0.2) is 16.7 Å². The van der Waals surface area contributed by atoms with Crippen LogP contribution >= 0.6 is 12.2 Å². The van der Waals surface area contributed by atoms with Crippen molar-refractivity contribution in [1.82, 2.24) is 5.32 Å². The molecule has 1 aromatic rings. The summed E-state index contributed by atoms with van der Waals surface area (Å²) in [4.78, 5) is 10.7. The quantitative estimate of drug-likeness (QED) is 0.458. The highest BCUT2D eigenvalue weighted by Gasteiger charge is 2.10. The predicted octanol–water partition coefficient (Wildman–Crippen LogP) is 3.54. The molecule has 0 atom stereocenters. The summed E-state index contributed by atoms with van der Waals surface area (Å²) in [7, 11) is 0. The number of halogens is 3. The first-order valence-corrected chi connectivity index (χ1v) is 7.00. The normalized spacial score (nSPS) is 10.3. The first kappa shape index (κ1) is 17.4. The van der Waals surface area contributed by atoms with Crippen LogP contribution in [0.4, 0.5) is 18.9 Å². The highest BCUT2D eigenvalue weighted by Crippen LogP contribution is 2.18. The van der Waals surface area contributed by atoms with Crippen LogP contribution in [0.2, 0.25) is 0 Å². The van der Waals surface area contributed by atoms with Crippen molar-refractivity contribution in [2.24, 2.45) is 0 Å². The molecule has 116 valence electrons. The van der Waals surface area contributed by atoms with E-state index in [1.54, 1.807) is 6.92 Å². The van der Waals surface area contributed by atoms with Crippen LogP contribution in [0, 0.1) is 17.5 Å². The molecule has 0 fully saturated rings. The lowest BCUT2D eigenvalue weighted by molar-refractivity contribution is -0.117. The Hall–Kier alpha value is -1.63. The SMILES string of the molecule is CC(=O)CCCCCNC(=S)Nc1cc(F)c(F)cc1F. The van der Waals surface area contributed by atoms with E-state index >= 15 is 0 Å². The lowest BCUT2D eigenvalue weighted by Gasteiger charge is -2.11. The van der Waals surface area contributed by atoms with Crippen molar-refractivity contribution in [3.8, 4) is 0 Å². The van der Waals surface area contributed by atoms with E-state index in [9.17, 15) is 18.0 Å². The number of benzene rings is 1. The molecule has 21 heavy (non-hydrogen) atoms. The molecule has 0 saturated carbocycles. The fourth-order valence-corrected chi connectivity index (χ4v) is 1.87. The van der Waals surface area contributed by atoms with E-state index < -0.39 is 17.5 Å². The Labute approximate surface area is 126 Å². The summed E-state index contributed by atoms with van der Waals surface area (Å²) in [6, 6.07) is 1.17. The number of nitrogens with one attached hydrogen (secondary N) is 2. The van der Waals surface area contributed by atoms with Crippen molar-refractivity contribution in [3.63, 3.8) is 0 Å². The van der Waals surface area contributed by atoms with E-state index in [1.165, 1.54) is 0 Å². The van der Waals surface area contributed by atoms with Crippen LogP contribution in [0.5, 0.6) is 0 Å². The van der Waals surface area contributed by atoms with Gasteiger partial charge in [-0.15, -0.1) is 0 Å². The van der Waals surface area contributed by atoms with E-state index in [0.29, 0.717) is 25.1 Å². The molecule has 0 aliphatic rings. The maximum Gasteiger partial charge on any atom is 0.170 e. The molecule has 1 aromatic carbocycles. The molecular formula is C14H17F3N2OS. The van der Waals surface area contributed by atoms with Crippen LogP contribution in [-0.4, -0.2) is 17.4 Å². The summed E-state index contributed by atoms with van der Waals surface area (Å²) in [5.74, 6) is -3.15. The second-order valence-corrected chi connectivity index (χ2v) is 5.05. The first-order valence-electron chi connectivity index (χ1n) is 6.59. The topological polar surface area (TPSA) is 41.1 Å². The van der Waals surface area contributed by atoms with Crippen molar-refractivity contribution in [2.45, 2.75) is 32.6 Å². The predicted molar refractivity (Wildman–Crippen MR) is 79.7 cm³/mol. The molecule has 3 nitrogen and oxygen atoms in total. The molecule has 0 unspecified atom stereocenters. The van der Waals surface area contributed by atoms with Gasteiger partial charge in [0.1, 0.15) is 11.6 Å². The molecule has 0 radical (unpaired) electrons. The minimum absolute atomic E-state index is 0.131. The number of rotatable bonds is 7. The van der Waals surface area contributed by atoms with Gasteiger partial charge in [-0.1, -0.05) is 6.42 Å². The van der Waals surface area contributed by atoms with Crippen molar-refractivity contribution in [3.05, 3.63) is 29.6 Å². The van der Waals surface area contributed by atoms with Gasteiger partial charge in [-0.05, 0) is 32.0 Å². The number of anilines is 1. The van der Waals surface area contributed by atoms with Gasteiger partial charge in [-0.2, -0.15) is 0 Å². The van der Waals surface area contributed by atoms with Gasteiger partial charge in [0.2, 0.25) is 0 Å². The van der Waals surface area contributed by atoms with Crippen LogP contribution in [0.25, 0.3) is 0 Å². The maximum atomic E-state index is 13.4. The van der Waals surface area contributed by atoms with Crippen LogP contribution in [0.1, 0.15) is 32.6 Å². The number of carbonyl (C=O) groups excluding carboxylic acids is 1. The Morgan fingerprint density at radius 1 is 1.10 bits per heavy atom. The van der Waals surface area contributed by atoms with Crippen LogP contribution in [0.15, 0.2) is 12.1 Å². The molecule has 0 heterocycles. The van der Waals surface area contributed by atoms with E-state index in [4.69, 9.17) is 12.2 Å². The van der Waals surface area contributed by atoms with Gasteiger partial charge in [0, 0.05) is 25.1 Å². The number of Topliss-reactive ketones (excluding diaryl/α,β-unsaturated/α-hetero) is 1. The number of thiocarbonyl (C=S) groups is 1. The molecule has 0 aliphatic carbocycles. The van der Waals surface area contributed by atoms with Gasteiger partial charge in [0.25, 0.3) is 0 Å². The molecule has 0 bridgehead atoms. The highest BCUT2D eigenvalue weighted by molar-refractivity contribution is 7.80. The van der Waals surface area contributed by atoms with E-state index in [2.05, 4.69) is 10.6 Å². The fraction of sp³-hybridized carbons (Fsp3) is 0.429. The van der Waals surface area contributed by atoms with Crippen molar-refractivity contribution < 1.29 is 18.0 Å². The zero-order valence-corrected chi connectivity index (χ0v) is 12.5. The molecule has 0 aromatic heterocycles. The van der Waals surface area contributed by atoms with Gasteiger partial charge in [-0.3, -0.25) is 0 Å². The smallest absolute Gasteiger partial charge is 0.170 e. The van der Waals surface area contributed by atoms with Gasteiger partial charge >= 0.3 is 0 Å². The second-order valence-electron chi connectivity index (χ2n) is 4.64. The third-order valence-electron chi connectivity index (χ3n) is 2.75. The fourth-order valence-electron chi connectivity index (χ4n) is 1.66. The van der Waals surface area contributed by atoms with Gasteiger partial charge < -0.3 is 15.4 Å². The Morgan fingerprint density at radius 3 is 2.43 bits per heavy atom. The van der Waals surface area contributed by atoms with Gasteiger partial charge in [0.05, 0.1) is 5.69 Å². The largest absolute Gasteiger partial charge is 0.362 e. The molecular weight excluding hydrogens is 301 g/mol. The second kappa shape index (κ2) is 8.61. The zero-order valence-electron chi connectivity index (χ0n) is 11.6. The standard InChI is InChI=1S/C14H17F3N2OS/c1-9(20)5-3-2-4-6-18-14(21)19-13-8-11(16)10(15)7-12(13)17/h7-8H,2-6H2,1H3,(H2,18,19,21). The Morgan fingerprint density at radius 2 is 1.76 bits per heavy atom. The van der Waals surface area contributed by atoms with E-state index in [0.717, 1.165) is 19.3 Å². The lowest BCUT2D eigenvalue weighted by Crippen LogP contribution is -2.29. The van der Waals surface area contributed by atoms with E-state index in [1.807, 2.05) is 0 Å². The molecule has 2 N–H and O–H groups in total. The van der Waals surface area contributed by atoms with Gasteiger partial charge in [-0.25, -0.2) is 13.2 Å². The summed E-state index contributed by atoms with van der Waals surface area (Å²) >= 11 is 4.93. The lowest BCUT2D eigenvalue weighted by atomic mass is 10.1. The van der Waals surface area contributed by atoms with Crippen molar-refractivity contribution in [2.75, 3.05) is 11.9 Å². The number of ketones is 1. The zero-order chi connectivity index (χ0) is 15.8. The average Bonchev–Trinajstić information content (AvgIpc) is 2.39. The maximum absolute atomic E-state index is 13.4. The molecule has 1 rings (SSSR count). The average molecular weight is 318 g/mol. The number of hydrogen-bond acceptors (Lipinski definition) is 2. The monoisotopic (exact) mass is 318 g/mol. The van der Waals surface area contributed by atoms with E-state index in [-0.39, 0.29) is 16.6 Å². The highest BCUT2D eigenvalue weighted by atomic mass is 32.1. The van der Waals surface area contributed by atoms with Crippen molar-refractivity contribution >= 4 is 28.8 Å². The van der Waals surface area contributed by atoms with Crippen LogP contribution in [-0.2, 0) is 4.79 Å². The summed E-state index contributed by atoms with van der Waals surface area (Å²) in [6.45, 7) is 2.10. The molecule has 0 spiro atoms. The van der Waals surface area contributed by atoms with Crippen LogP contribution in [0.3, 0.4) is 0 Å². The summed E-state index contributed by atoms with van der Waals surface area (Å²) in [6.07, 6.45) is 3.04. The van der Waals surface area contributed by atoms with Crippen molar-refractivity contribution in [1.29, 1.82) is 0 Å². The summed E-state index contributed by atoms with van der Waals surface area (Å²) < 4.78 is 39.1. The third-order valence-corrected chi connectivity index (χ3v) is 3.00. The summed E-state index contributed by atoms with van der Waals surface area (Å²) in [5, 5.41) is 5.44. The minimum atomic E-state index is -1.25. The number of unbranched alkanes of at least 4 members (excludes halogenated alkanes) is 2. The molecule has 0 saturated heterocycles. The first-order chi connectivity index (χ1) is 9.90. The Kier molecular flexibility index (Phi) is 7.14. The molecule has 0 aliphatic heterocycles. The Balaban J connectivity index is 2.31. The third kappa shape index (κ3) is 6.57. The minimum Gasteiger partial charge on any atom is -0.362 e. The Bertz CT molecular complexity index is 523. The number of hydrogen-bond donors (Lipinski definition) is 2. The van der Waals surface area contributed by atoms with Crippen LogP contribution < -0.4 is 10.6 Å². The molecule has 0 amide bonds. The molecule has 7 heteroatoms. The summed E-state index contributed by atoms with van der Waals surface area (Å²) in [5.41, 5.74) is -0.219. The number of carbonyl (C=O) groups is 1.